The summed E-state index contributed by atoms with van der Waals surface area (Å²) in [5.41, 5.74) is 2.19. The third kappa shape index (κ3) is 5.53. The summed E-state index contributed by atoms with van der Waals surface area (Å²) in [6.07, 6.45) is 4.20. The van der Waals surface area contributed by atoms with Gasteiger partial charge in [-0.05, 0) is 62.1 Å². The highest BCUT2D eigenvalue weighted by atomic mass is 19.1. The van der Waals surface area contributed by atoms with Gasteiger partial charge < -0.3 is 20.3 Å². The Bertz CT molecular complexity index is 914. The number of morpholine rings is 1. The number of aliphatic imine (C=N–C) groups is 1. The van der Waals surface area contributed by atoms with E-state index in [0.29, 0.717) is 6.54 Å². The first-order valence-electron chi connectivity index (χ1n) is 11.2. The number of nitrogens with zero attached hydrogens (tertiary/aromatic N) is 3. The molecule has 1 aromatic heterocycles. The van der Waals surface area contributed by atoms with Crippen molar-refractivity contribution in [1.82, 2.24) is 15.6 Å². The molecule has 0 bridgehead atoms. The Hall–Kier alpha value is -2.67. The largest absolute Gasteiger partial charge is 0.375 e. The quantitative estimate of drug-likeness (QED) is 0.527. The molecule has 1 aromatic carbocycles. The van der Waals surface area contributed by atoms with Gasteiger partial charge in [-0.3, -0.25) is 0 Å². The predicted octanol–water partition coefficient (Wildman–Crippen LogP) is 3.23. The summed E-state index contributed by atoms with van der Waals surface area (Å²) in [5, 5.41) is 6.79. The number of guanidine groups is 1. The van der Waals surface area contributed by atoms with Crippen LogP contribution in [0.15, 0.2) is 47.6 Å². The molecule has 1 aliphatic heterocycles. The van der Waals surface area contributed by atoms with Gasteiger partial charge in [0.2, 0.25) is 0 Å². The van der Waals surface area contributed by atoms with Crippen LogP contribution in [-0.4, -0.2) is 49.8 Å². The maximum atomic E-state index is 13.7. The first-order valence-corrected chi connectivity index (χ1v) is 11.2. The molecule has 1 saturated carbocycles. The zero-order valence-electron chi connectivity index (χ0n) is 18.4. The zero-order chi connectivity index (χ0) is 21.7. The minimum absolute atomic E-state index is 0.00908. The van der Waals surface area contributed by atoms with Crippen LogP contribution in [0.25, 0.3) is 0 Å². The molecule has 7 heteroatoms. The van der Waals surface area contributed by atoms with Crippen molar-refractivity contribution < 1.29 is 9.13 Å². The molecule has 1 atom stereocenters. The van der Waals surface area contributed by atoms with Gasteiger partial charge in [0.15, 0.2) is 5.96 Å². The number of rotatable bonds is 7. The van der Waals surface area contributed by atoms with Gasteiger partial charge >= 0.3 is 0 Å². The third-order valence-corrected chi connectivity index (χ3v) is 6.02. The summed E-state index contributed by atoms with van der Waals surface area (Å²) in [4.78, 5) is 11.6. The number of ether oxygens (including phenoxy) is 1. The summed E-state index contributed by atoms with van der Waals surface area (Å²) in [5.74, 6) is 1.58. The van der Waals surface area contributed by atoms with Gasteiger partial charge in [-0.15, -0.1) is 0 Å². The lowest BCUT2D eigenvalue weighted by Gasteiger charge is -2.32. The first-order chi connectivity index (χ1) is 15.1. The van der Waals surface area contributed by atoms with Crippen molar-refractivity contribution in [2.75, 3.05) is 37.7 Å². The molecule has 0 radical (unpaired) electrons. The lowest BCUT2D eigenvalue weighted by molar-refractivity contribution is 0.0529. The molecule has 4 rings (SSSR count). The van der Waals surface area contributed by atoms with Crippen molar-refractivity contribution in [3.8, 4) is 0 Å². The van der Waals surface area contributed by atoms with Crippen LogP contribution in [0.2, 0.25) is 0 Å². The second-order valence-corrected chi connectivity index (χ2v) is 8.49. The predicted molar refractivity (Wildman–Crippen MR) is 122 cm³/mol. The van der Waals surface area contributed by atoms with Gasteiger partial charge in [0.25, 0.3) is 0 Å². The fourth-order valence-electron chi connectivity index (χ4n) is 4.06. The molecule has 2 N–H and O–H groups in total. The maximum absolute atomic E-state index is 13.7. The van der Waals surface area contributed by atoms with E-state index in [9.17, 15) is 4.39 Å². The molecule has 31 heavy (non-hydrogen) atoms. The van der Waals surface area contributed by atoms with Crippen LogP contribution in [-0.2, 0) is 16.7 Å². The van der Waals surface area contributed by atoms with E-state index in [1.807, 2.05) is 18.3 Å². The van der Waals surface area contributed by atoms with Crippen LogP contribution >= 0.6 is 0 Å². The van der Waals surface area contributed by atoms with Gasteiger partial charge in [0, 0.05) is 37.8 Å². The van der Waals surface area contributed by atoms with Crippen LogP contribution in [0.1, 0.15) is 37.8 Å². The van der Waals surface area contributed by atoms with Crippen molar-refractivity contribution in [2.45, 2.75) is 44.8 Å². The van der Waals surface area contributed by atoms with E-state index >= 15 is 0 Å². The molecule has 166 valence electrons. The first kappa shape index (κ1) is 21.6. The summed E-state index contributed by atoms with van der Waals surface area (Å²) in [6, 6.07) is 11.1. The second-order valence-electron chi connectivity index (χ2n) is 8.49. The molecule has 0 spiro atoms. The van der Waals surface area contributed by atoms with Crippen molar-refractivity contribution in [3.63, 3.8) is 0 Å². The topological polar surface area (TPSA) is 61.8 Å². The Labute approximate surface area is 183 Å². The lowest BCUT2D eigenvalue weighted by atomic mass is 9.96. The minimum atomic E-state index is -0.174. The number of halogens is 1. The van der Waals surface area contributed by atoms with Gasteiger partial charge in [0.1, 0.15) is 11.6 Å². The van der Waals surface area contributed by atoms with Gasteiger partial charge in [-0.2, -0.15) is 0 Å². The lowest BCUT2D eigenvalue weighted by Crippen LogP contribution is -2.41. The van der Waals surface area contributed by atoms with Gasteiger partial charge in [0.05, 0.1) is 19.3 Å². The van der Waals surface area contributed by atoms with E-state index in [0.717, 1.165) is 68.5 Å². The number of anilines is 1. The Morgan fingerprint density at radius 1 is 1.29 bits per heavy atom. The monoisotopic (exact) mass is 425 g/mol. The van der Waals surface area contributed by atoms with Crippen LogP contribution < -0.4 is 15.5 Å². The molecule has 2 fully saturated rings. The fraction of sp³-hybridized carbons (Fsp3) is 0.500. The number of hydrogen-bond donors (Lipinski definition) is 2. The van der Waals surface area contributed by atoms with E-state index in [1.54, 1.807) is 12.1 Å². The van der Waals surface area contributed by atoms with Crippen molar-refractivity contribution in [3.05, 3.63) is 59.5 Å². The molecule has 1 saturated heterocycles. The van der Waals surface area contributed by atoms with Crippen LogP contribution in [0.4, 0.5) is 10.2 Å². The smallest absolute Gasteiger partial charge is 0.191 e. The summed E-state index contributed by atoms with van der Waals surface area (Å²) in [7, 11) is 0. The minimum Gasteiger partial charge on any atom is -0.375 e. The molecule has 1 unspecified atom stereocenters. The number of benzene rings is 1. The molecule has 1 aliphatic carbocycles. The summed E-state index contributed by atoms with van der Waals surface area (Å²) >= 11 is 0. The summed E-state index contributed by atoms with van der Waals surface area (Å²) in [6.45, 7) is 8.68. The highest BCUT2D eigenvalue weighted by Gasteiger charge is 2.44. The number of hydrogen-bond acceptors (Lipinski definition) is 4. The molecule has 0 amide bonds. The SMILES string of the molecule is CCNC(=NCc1ccnc(N2CCOC(C)C2)c1)NCC1(c2cccc(F)c2)CC1. The highest BCUT2D eigenvalue weighted by Crippen LogP contribution is 2.47. The molecule has 2 aromatic rings. The highest BCUT2D eigenvalue weighted by molar-refractivity contribution is 5.80. The second kappa shape index (κ2) is 9.64. The van der Waals surface area contributed by atoms with E-state index in [4.69, 9.17) is 9.73 Å². The van der Waals surface area contributed by atoms with Crippen molar-refractivity contribution in [1.29, 1.82) is 0 Å². The van der Waals surface area contributed by atoms with Crippen LogP contribution in [0.5, 0.6) is 0 Å². The van der Waals surface area contributed by atoms with Crippen molar-refractivity contribution in [2.24, 2.45) is 4.99 Å². The Morgan fingerprint density at radius 3 is 2.90 bits per heavy atom. The van der Waals surface area contributed by atoms with E-state index in [2.05, 4.69) is 40.4 Å². The van der Waals surface area contributed by atoms with Gasteiger partial charge in [-0.25, -0.2) is 14.4 Å². The molecular weight excluding hydrogens is 393 g/mol. The third-order valence-electron chi connectivity index (χ3n) is 6.02. The fourth-order valence-corrected chi connectivity index (χ4v) is 4.06. The molecular formula is C24H32FN5O. The summed E-state index contributed by atoms with van der Waals surface area (Å²) < 4.78 is 19.3. The molecule has 2 heterocycles. The number of nitrogens with one attached hydrogen (secondary N) is 2. The van der Waals surface area contributed by atoms with Crippen LogP contribution in [0, 0.1) is 5.82 Å². The number of aromatic nitrogens is 1. The Kier molecular flexibility index (Phi) is 6.70. The van der Waals surface area contributed by atoms with Crippen molar-refractivity contribution >= 4 is 11.8 Å². The van der Waals surface area contributed by atoms with Crippen LogP contribution in [0.3, 0.4) is 0 Å². The number of pyridine rings is 1. The standard InChI is InChI=1S/C24H32FN5O/c1-3-26-23(29-17-24(8-9-24)20-5-4-6-21(25)14-20)28-15-19-7-10-27-22(13-19)30-11-12-31-18(2)16-30/h4-7,10,13-14,18H,3,8-9,11-12,15-17H2,1-2H3,(H2,26,28,29). The average Bonchev–Trinajstić information content (AvgIpc) is 3.57. The van der Waals surface area contributed by atoms with E-state index < -0.39 is 0 Å². The maximum Gasteiger partial charge on any atom is 0.191 e. The zero-order valence-corrected chi connectivity index (χ0v) is 18.4. The molecule has 6 nitrogen and oxygen atoms in total. The molecule has 2 aliphatic rings. The Balaban J connectivity index is 1.40. The van der Waals surface area contributed by atoms with Gasteiger partial charge in [-0.1, -0.05) is 12.1 Å². The average molecular weight is 426 g/mol. The Morgan fingerprint density at radius 2 is 2.16 bits per heavy atom. The normalized spacial score (nSPS) is 20.4. The van der Waals surface area contributed by atoms with E-state index in [-0.39, 0.29) is 17.3 Å². The van der Waals surface area contributed by atoms with E-state index in [1.165, 1.54) is 6.07 Å².